The van der Waals surface area contributed by atoms with Gasteiger partial charge in [0.25, 0.3) is 5.69 Å². The van der Waals surface area contributed by atoms with Crippen molar-refractivity contribution < 1.29 is 19.6 Å². The molecule has 0 heterocycles. The molecule has 0 saturated carbocycles. The number of hydrogen-bond donors (Lipinski definition) is 1. The molecule has 0 aliphatic rings. The maximum Gasteiger partial charge on any atom is 0.303 e. The summed E-state index contributed by atoms with van der Waals surface area (Å²) in [6.07, 6.45) is 0.222. The van der Waals surface area contributed by atoms with Crippen molar-refractivity contribution in [3.63, 3.8) is 0 Å². The van der Waals surface area contributed by atoms with Crippen molar-refractivity contribution in [2.75, 3.05) is 0 Å². The summed E-state index contributed by atoms with van der Waals surface area (Å²) in [5, 5.41) is 19.4. The molecule has 0 bridgehead atoms. The molecule has 0 spiro atoms. The highest BCUT2D eigenvalue weighted by Gasteiger charge is 2.17. The molecule has 6 heteroatoms. The predicted octanol–water partition coefficient (Wildman–Crippen LogP) is 2.65. The summed E-state index contributed by atoms with van der Waals surface area (Å²) in [7, 11) is 0. The molecule has 1 rings (SSSR count). The van der Waals surface area contributed by atoms with E-state index in [1.165, 1.54) is 6.07 Å². The smallest absolute Gasteiger partial charge is 0.303 e. The Morgan fingerprint density at radius 1 is 1.26 bits per heavy atom. The number of carboxylic acid groups (broad SMARTS) is 1. The SMILES string of the molecule is Cc1cc(C(=O)CCCC(=O)O)cc([N+](=O)[O-])c1C. The van der Waals surface area contributed by atoms with E-state index in [0.717, 1.165) is 0 Å². The second kappa shape index (κ2) is 6.08. The van der Waals surface area contributed by atoms with Crippen LogP contribution in [0, 0.1) is 24.0 Å². The Bertz CT molecular complexity index is 536. The average Bonchev–Trinajstić information content (AvgIpc) is 2.31. The molecule has 102 valence electrons. The molecule has 1 N–H and O–H groups in total. The lowest BCUT2D eigenvalue weighted by atomic mass is 9.99. The Morgan fingerprint density at radius 3 is 2.42 bits per heavy atom. The van der Waals surface area contributed by atoms with Gasteiger partial charge in [0.05, 0.1) is 4.92 Å². The largest absolute Gasteiger partial charge is 0.481 e. The quantitative estimate of drug-likeness (QED) is 0.484. The van der Waals surface area contributed by atoms with Gasteiger partial charge in [-0.25, -0.2) is 0 Å². The average molecular weight is 265 g/mol. The standard InChI is InChI=1S/C13H15NO5/c1-8-6-10(7-11(9(8)2)14(18)19)12(15)4-3-5-13(16)17/h6-7H,3-5H2,1-2H3,(H,16,17). The van der Waals surface area contributed by atoms with Crippen LogP contribution in [-0.4, -0.2) is 21.8 Å². The van der Waals surface area contributed by atoms with Crippen molar-refractivity contribution in [3.8, 4) is 0 Å². The van der Waals surface area contributed by atoms with E-state index in [1.807, 2.05) is 0 Å². The van der Waals surface area contributed by atoms with Crippen LogP contribution in [0.2, 0.25) is 0 Å². The number of nitrogens with zero attached hydrogens (tertiary/aromatic N) is 1. The maximum atomic E-state index is 11.8. The zero-order chi connectivity index (χ0) is 14.6. The van der Waals surface area contributed by atoms with Crippen molar-refractivity contribution in [1.82, 2.24) is 0 Å². The molecule has 0 saturated heterocycles. The highest BCUT2D eigenvalue weighted by molar-refractivity contribution is 5.97. The molecule has 0 aromatic heterocycles. The van der Waals surface area contributed by atoms with Gasteiger partial charge in [0.1, 0.15) is 0 Å². The first-order valence-corrected chi connectivity index (χ1v) is 5.83. The molecule has 0 aliphatic heterocycles. The summed E-state index contributed by atoms with van der Waals surface area (Å²) in [5.74, 6) is -1.23. The summed E-state index contributed by atoms with van der Waals surface area (Å²) >= 11 is 0. The van der Waals surface area contributed by atoms with E-state index in [0.29, 0.717) is 11.1 Å². The first-order chi connectivity index (χ1) is 8.82. The van der Waals surface area contributed by atoms with Crippen LogP contribution >= 0.6 is 0 Å². The Balaban J connectivity index is 2.92. The van der Waals surface area contributed by atoms with E-state index >= 15 is 0 Å². The van der Waals surface area contributed by atoms with E-state index in [1.54, 1.807) is 19.9 Å². The normalized spacial score (nSPS) is 10.2. The minimum Gasteiger partial charge on any atom is -0.481 e. The van der Waals surface area contributed by atoms with Gasteiger partial charge >= 0.3 is 5.97 Å². The molecular formula is C13H15NO5. The number of carbonyl (C=O) groups excluding carboxylic acids is 1. The summed E-state index contributed by atoms with van der Waals surface area (Å²) in [4.78, 5) is 32.6. The highest BCUT2D eigenvalue weighted by Crippen LogP contribution is 2.24. The van der Waals surface area contributed by atoms with Crippen molar-refractivity contribution in [1.29, 1.82) is 0 Å². The van der Waals surface area contributed by atoms with Gasteiger partial charge in [-0.15, -0.1) is 0 Å². The molecule has 0 amide bonds. The third-order valence-electron chi connectivity index (χ3n) is 2.95. The summed E-state index contributed by atoms with van der Waals surface area (Å²) in [5.41, 5.74) is 1.39. The molecule has 0 atom stereocenters. The van der Waals surface area contributed by atoms with Gasteiger partial charge in [-0.1, -0.05) is 0 Å². The van der Waals surface area contributed by atoms with E-state index in [4.69, 9.17) is 5.11 Å². The number of rotatable bonds is 6. The number of ketones is 1. The van der Waals surface area contributed by atoms with Crippen molar-refractivity contribution in [3.05, 3.63) is 38.9 Å². The third-order valence-corrected chi connectivity index (χ3v) is 2.95. The zero-order valence-electron chi connectivity index (χ0n) is 10.8. The summed E-state index contributed by atoms with van der Waals surface area (Å²) in [6.45, 7) is 3.34. The van der Waals surface area contributed by atoms with Gasteiger partial charge in [-0.2, -0.15) is 0 Å². The van der Waals surface area contributed by atoms with Crippen LogP contribution in [0.1, 0.15) is 40.7 Å². The summed E-state index contributed by atoms with van der Waals surface area (Å²) < 4.78 is 0. The molecular weight excluding hydrogens is 250 g/mol. The fraction of sp³-hybridized carbons (Fsp3) is 0.385. The fourth-order valence-corrected chi connectivity index (χ4v) is 1.74. The number of aryl methyl sites for hydroxylation is 1. The Labute approximate surface area is 110 Å². The van der Waals surface area contributed by atoms with Crippen LogP contribution in [0.5, 0.6) is 0 Å². The maximum absolute atomic E-state index is 11.8. The second-order valence-corrected chi connectivity index (χ2v) is 4.36. The van der Waals surface area contributed by atoms with Crippen LogP contribution in [0.3, 0.4) is 0 Å². The van der Waals surface area contributed by atoms with Crippen molar-refractivity contribution in [2.24, 2.45) is 0 Å². The monoisotopic (exact) mass is 265 g/mol. The van der Waals surface area contributed by atoms with Gasteiger partial charge in [0.15, 0.2) is 5.78 Å². The first kappa shape index (κ1) is 14.8. The first-order valence-electron chi connectivity index (χ1n) is 5.83. The lowest BCUT2D eigenvalue weighted by Gasteiger charge is -2.05. The van der Waals surface area contributed by atoms with E-state index in [-0.39, 0.29) is 36.3 Å². The number of aliphatic carboxylic acids is 1. The summed E-state index contributed by atoms with van der Waals surface area (Å²) in [6, 6.07) is 2.86. The lowest BCUT2D eigenvalue weighted by Crippen LogP contribution is -2.04. The van der Waals surface area contributed by atoms with Crippen LogP contribution in [0.4, 0.5) is 5.69 Å². The zero-order valence-corrected chi connectivity index (χ0v) is 10.8. The van der Waals surface area contributed by atoms with Gasteiger partial charge in [-0.3, -0.25) is 19.7 Å². The number of nitro groups is 1. The number of carboxylic acids is 1. The van der Waals surface area contributed by atoms with Crippen LogP contribution in [0.15, 0.2) is 12.1 Å². The number of nitro benzene ring substituents is 1. The van der Waals surface area contributed by atoms with Crippen LogP contribution in [-0.2, 0) is 4.79 Å². The lowest BCUT2D eigenvalue weighted by molar-refractivity contribution is -0.385. The Hall–Kier alpha value is -2.24. The molecule has 1 aromatic rings. The fourth-order valence-electron chi connectivity index (χ4n) is 1.74. The molecule has 19 heavy (non-hydrogen) atoms. The van der Waals surface area contributed by atoms with Gasteiger partial charge in [0.2, 0.25) is 0 Å². The molecule has 0 unspecified atom stereocenters. The van der Waals surface area contributed by atoms with Gasteiger partial charge in [0, 0.05) is 30.0 Å². The van der Waals surface area contributed by atoms with Crippen LogP contribution < -0.4 is 0 Å². The number of Topliss-reactive ketones (excluding diaryl/α,β-unsaturated/α-hetero) is 1. The predicted molar refractivity (Wildman–Crippen MR) is 68.4 cm³/mol. The van der Waals surface area contributed by atoms with Gasteiger partial charge < -0.3 is 5.11 Å². The number of hydrogen-bond acceptors (Lipinski definition) is 4. The molecule has 0 aliphatic carbocycles. The second-order valence-electron chi connectivity index (χ2n) is 4.36. The van der Waals surface area contributed by atoms with Crippen LogP contribution in [0.25, 0.3) is 0 Å². The van der Waals surface area contributed by atoms with E-state index in [9.17, 15) is 19.7 Å². The highest BCUT2D eigenvalue weighted by atomic mass is 16.6. The minimum absolute atomic E-state index is 0.0754. The molecule has 0 radical (unpaired) electrons. The van der Waals surface area contributed by atoms with Gasteiger partial charge in [-0.05, 0) is 31.9 Å². The Morgan fingerprint density at radius 2 is 1.89 bits per heavy atom. The van der Waals surface area contributed by atoms with Crippen molar-refractivity contribution >= 4 is 17.4 Å². The molecule has 6 nitrogen and oxygen atoms in total. The number of benzene rings is 1. The molecule has 0 fully saturated rings. The minimum atomic E-state index is -0.959. The third kappa shape index (κ3) is 3.87. The Kier molecular flexibility index (Phi) is 4.74. The van der Waals surface area contributed by atoms with Crippen molar-refractivity contribution in [2.45, 2.75) is 33.1 Å². The van der Waals surface area contributed by atoms with E-state index < -0.39 is 10.9 Å². The molecule has 1 aromatic carbocycles. The van der Waals surface area contributed by atoms with E-state index in [2.05, 4.69) is 0 Å². The topological polar surface area (TPSA) is 97.5 Å². The number of carbonyl (C=O) groups is 2.